The number of nitrogens with zero attached hydrogens (tertiary/aromatic N) is 1. The molecular formula is C52H33NOS. The van der Waals surface area contributed by atoms with Crippen LogP contribution >= 0.6 is 11.3 Å². The van der Waals surface area contributed by atoms with Crippen LogP contribution in [0.3, 0.4) is 0 Å². The summed E-state index contributed by atoms with van der Waals surface area (Å²) in [6.07, 6.45) is 0. The highest BCUT2D eigenvalue weighted by atomic mass is 32.1. The second kappa shape index (κ2) is 12.9. The Hall–Kier alpha value is -6.94. The van der Waals surface area contributed by atoms with Gasteiger partial charge in [0.25, 0.3) is 0 Å². The fraction of sp³-hybridized carbons (Fsp3) is 0. The average Bonchev–Trinajstić information content (AvgIpc) is 3.84. The van der Waals surface area contributed by atoms with Crippen molar-refractivity contribution < 1.29 is 4.42 Å². The van der Waals surface area contributed by atoms with Crippen LogP contribution in [0.4, 0.5) is 17.1 Å². The molecule has 2 heterocycles. The molecule has 0 saturated heterocycles. The van der Waals surface area contributed by atoms with Crippen LogP contribution in [-0.4, -0.2) is 0 Å². The number of rotatable bonds is 6. The lowest BCUT2D eigenvalue weighted by Crippen LogP contribution is -2.10. The topological polar surface area (TPSA) is 16.4 Å². The zero-order valence-electron chi connectivity index (χ0n) is 29.8. The van der Waals surface area contributed by atoms with Gasteiger partial charge in [-0.1, -0.05) is 146 Å². The monoisotopic (exact) mass is 719 g/mol. The molecule has 3 heteroatoms. The van der Waals surface area contributed by atoms with Crippen molar-refractivity contribution >= 4 is 81.3 Å². The normalized spacial score (nSPS) is 11.6. The van der Waals surface area contributed by atoms with Gasteiger partial charge in [0.2, 0.25) is 0 Å². The van der Waals surface area contributed by atoms with Gasteiger partial charge < -0.3 is 9.32 Å². The molecule has 0 amide bonds. The first kappa shape index (κ1) is 31.6. The fourth-order valence-electron chi connectivity index (χ4n) is 8.38. The zero-order chi connectivity index (χ0) is 36.3. The van der Waals surface area contributed by atoms with E-state index in [1.165, 1.54) is 70.0 Å². The molecule has 258 valence electrons. The number of furan rings is 1. The minimum absolute atomic E-state index is 0.905. The highest BCUT2D eigenvalue weighted by Crippen LogP contribution is 2.46. The number of fused-ring (bicyclic) bond motifs is 8. The summed E-state index contributed by atoms with van der Waals surface area (Å²) in [4.78, 5) is 2.41. The Labute approximate surface area is 322 Å². The lowest BCUT2D eigenvalue weighted by Gasteiger charge is -2.27. The molecule has 0 radical (unpaired) electrons. The predicted molar refractivity (Wildman–Crippen MR) is 235 cm³/mol. The second-order valence-electron chi connectivity index (χ2n) is 14.0. The Morgan fingerprint density at radius 1 is 0.327 bits per heavy atom. The van der Waals surface area contributed by atoms with Gasteiger partial charge in [0.1, 0.15) is 11.2 Å². The molecule has 55 heavy (non-hydrogen) atoms. The van der Waals surface area contributed by atoms with Crippen LogP contribution in [0, 0.1) is 0 Å². The molecule has 11 aromatic rings. The molecule has 0 aliphatic rings. The van der Waals surface area contributed by atoms with Crippen molar-refractivity contribution in [3.8, 4) is 33.4 Å². The van der Waals surface area contributed by atoms with Crippen molar-refractivity contribution in [2.45, 2.75) is 0 Å². The molecule has 0 unspecified atom stereocenters. The van der Waals surface area contributed by atoms with Crippen molar-refractivity contribution in [3.05, 3.63) is 200 Å². The van der Waals surface area contributed by atoms with Crippen LogP contribution in [0.1, 0.15) is 0 Å². The maximum absolute atomic E-state index is 6.47. The third-order valence-electron chi connectivity index (χ3n) is 10.9. The molecular weight excluding hydrogens is 687 g/mol. The summed E-state index contributed by atoms with van der Waals surface area (Å²) in [7, 11) is 0. The minimum atomic E-state index is 0.905. The summed E-state index contributed by atoms with van der Waals surface area (Å²) in [6, 6.07) is 72.1. The van der Waals surface area contributed by atoms with E-state index in [1.807, 2.05) is 11.3 Å². The molecule has 0 atom stereocenters. The molecule has 9 aromatic carbocycles. The summed E-state index contributed by atoms with van der Waals surface area (Å²) >= 11 is 1.85. The van der Waals surface area contributed by atoms with E-state index in [9.17, 15) is 0 Å². The van der Waals surface area contributed by atoms with Gasteiger partial charge >= 0.3 is 0 Å². The SMILES string of the molecule is c1ccc(-c2ccc(N(c3ccc(-c4cccc5c4ccc4oc6cccc(-c7ccccc7)c6c45)cc3)c3cccc4sc5ccccc5c34)cc2)cc1. The number of anilines is 3. The quantitative estimate of drug-likeness (QED) is 0.170. The molecule has 0 bridgehead atoms. The molecule has 2 aromatic heterocycles. The van der Waals surface area contributed by atoms with Gasteiger partial charge in [-0.25, -0.2) is 0 Å². The maximum Gasteiger partial charge on any atom is 0.136 e. The molecule has 0 spiro atoms. The number of thiophene rings is 1. The van der Waals surface area contributed by atoms with Gasteiger partial charge in [0, 0.05) is 42.3 Å². The van der Waals surface area contributed by atoms with Crippen LogP contribution in [-0.2, 0) is 0 Å². The third-order valence-corrected chi connectivity index (χ3v) is 12.0. The summed E-state index contributed by atoms with van der Waals surface area (Å²) in [5.74, 6) is 0. The standard InChI is InChI=1S/C52H33NOS/c1-3-12-34(13-4-1)35-24-28-38(29-25-35)53(45-20-11-23-49-50(45)44-16-7-8-22-48(44)55-49)39-30-26-37(27-31-39)40-17-9-19-43-42(40)32-33-47-52(43)51-41(18-10-21-46(51)54-47)36-14-5-2-6-15-36/h1-33H. The van der Waals surface area contributed by atoms with Crippen LogP contribution < -0.4 is 4.90 Å². The Kier molecular flexibility index (Phi) is 7.39. The summed E-state index contributed by atoms with van der Waals surface area (Å²) < 4.78 is 9.05. The van der Waals surface area contributed by atoms with Crippen molar-refractivity contribution in [3.63, 3.8) is 0 Å². The Balaban J connectivity index is 1.06. The lowest BCUT2D eigenvalue weighted by atomic mass is 9.93. The van der Waals surface area contributed by atoms with E-state index in [4.69, 9.17) is 4.42 Å². The molecule has 11 rings (SSSR count). The van der Waals surface area contributed by atoms with E-state index in [0.717, 1.165) is 33.3 Å². The van der Waals surface area contributed by atoms with Gasteiger partial charge in [-0.15, -0.1) is 11.3 Å². The van der Waals surface area contributed by atoms with Crippen LogP contribution in [0.5, 0.6) is 0 Å². The number of hydrogen-bond acceptors (Lipinski definition) is 3. The predicted octanol–water partition coefficient (Wildman–Crippen LogP) is 15.6. The summed E-state index contributed by atoms with van der Waals surface area (Å²) in [6.45, 7) is 0. The first-order valence-corrected chi connectivity index (χ1v) is 19.5. The highest BCUT2D eigenvalue weighted by molar-refractivity contribution is 7.26. The van der Waals surface area contributed by atoms with Gasteiger partial charge in [0.05, 0.1) is 5.69 Å². The molecule has 0 fully saturated rings. The molecule has 2 nitrogen and oxygen atoms in total. The smallest absolute Gasteiger partial charge is 0.136 e. The van der Waals surface area contributed by atoms with E-state index >= 15 is 0 Å². The third kappa shape index (κ3) is 5.24. The molecule has 0 N–H and O–H groups in total. The van der Waals surface area contributed by atoms with Crippen molar-refractivity contribution in [2.24, 2.45) is 0 Å². The van der Waals surface area contributed by atoms with Crippen LogP contribution in [0.2, 0.25) is 0 Å². The zero-order valence-corrected chi connectivity index (χ0v) is 30.6. The van der Waals surface area contributed by atoms with E-state index in [2.05, 4.69) is 205 Å². The Morgan fingerprint density at radius 2 is 0.891 bits per heavy atom. The largest absolute Gasteiger partial charge is 0.456 e. The number of benzene rings is 9. The van der Waals surface area contributed by atoms with Gasteiger partial charge in [0.15, 0.2) is 0 Å². The average molecular weight is 720 g/mol. The van der Waals surface area contributed by atoms with Gasteiger partial charge in [-0.3, -0.25) is 0 Å². The summed E-state index contributed by atoms with van der Waals surface area (Å²) in [5.41, 5.74) is 12.3. The Morgan fingerprint density at radius 3 is 1.67 bits per heavy atom. The molecule has 0 aliphatic heterocycles. The van der Waals surface area contributed by atoms with E-state index in [-0.39, 0.29) is 0 Å². The van der Waals surface area contributed by atoms with Crippen molar-refractivity contribution in [1.29, 1.82) is 0 Å². The van der Waals surface area contributed by atoms with Crippen molar-refractivity contribution in [2.75, 3.05) is 4.90 Å². The van der Waals surface area contributed by atoms with Gasteiger partial charge in [-0.2, -0.15) is 0 Å². The molecule has 0 saturated carbocycles. The van der Waals surface area contributed by atoms with Crippen molar-refractivity contribution in [1.82, 2.24) is 0 Å². The minimum Gasteiger partial charge on any atom is -0.456 e. The van der Waals surface area contributed by atoms with E-state index in [1.54, 1.807) is 0 Å². The van der Waals surface area contributed by atoms with Crippen LogP contribution in [0.25, 0.3) is 86.3 Å². The first-order valence-electron chi connectivity index (χ1n) is 18.7. The first-order chi connectivity index (χ1) is 27.3. The Bertz CT molecular complexity index is 3180. The second-order valence-corrected chi connectivity index (χ2v) is 15.1. The number of hydrogen-bond donors (Lipinski definition) is 0. The van der Waals surface area contributed by atoms with E-state index < -0.39 is 0 Å². The lowest BCUT2D eigenvalue weighted by molar-refractivity contribution is 0.669. The maximum atomic E-state index is 6.47. The highest BCUT2D eigenvalue weighted by Gasteiger charge is 2.20. The fourth-order valence-corrected chi connectivity index (χ4v) is 9.50. The summed E-state index contributed by atoms with van der Waals surface area (Å²) in [5, 5.41) is 7.27. The van der Waals surface area contributed by atoms with Crippen LogP contribution in [0.15, 0.2) is 205 Å². The molecule has 0 aliphatic carbocycles. The van der Waals surface area contributed by atoms with E-state index in [0.29, 0.717) is 0 Å². The van der Waals surface area contributed by atoms with Gasteiger partial charge in [-0.05, 0) is 98.8 Å².